The molecule has 0 saturated heterocycles. The number of hydrogen-bond donors (Lipinski definition) is 1. The molecular weight excluding hydrogens is 576 g/mol. The highest BCUT2D eigenvalue weighted by atomic mass is 16.5. The summed E-state index contributed by atoms with van der Waals surface area (Å²) in [6, 6.07) is 36.0. The Balaban J connectivity index is 1.29. The van der Waals surface area contributed by atoms with Crippen molar-refractivity contribution in [3.05, 3.63) is 131 Å². The summed E-state index contributed by atoms with van der Waals surface area (Å²) >= 11 is 0. The number of aryl methyl sites for hydroxylation is 2. The minimum atomic E-state index is -0.331. The first-order valence-corrected chi connectivity index (χ1v) is 15.2. The normalized spacial score (nSPS) is 11.7. The van der Waals surface area contributed by atoms with Gasteiger partial charge in [-0.2, -0.15) is 10.1 Å². The van der Waals surface area contributed by atoms with Crippen molar-refractivity contribution < 1.29 is 19.0 Å². The Labute approximate surface area is 268 Å². The van der Waals surface area contributed by atoms with Crippen molar-refractivity contribution in [3.8, 4) is 23.0 Å². The van der Waals surface area contributed by atoms with Gasteiger partial charge in [-0.05, 0) is 66.4 Å². The van der Waals surface area contributed by atoms with Gasteiger partial charge in [0, 0.05) is 29.9 Å². The van der Waals surface area contributed by atoms with Gasteiger partial charge < -0.3 is 19.5 Å². The molecule has 8 nitrogen and oxygen atoms in total. The minimum Gasteiger partial charge on any atom is -0.473 e. The van der Waals surface area contributed by atoms with E-state index in [9.17, 15) is 4.79 Å². The van der Waals surface area contributed by atoms with Gasteiger partial charge in [0.1, 0.15) is 18.9 Å². The number of esters is 1. The predicted molar refractivity (Wildman–Crippen MR) is 180 cm³/mol. The van der Waals surface area contributed by atoms with Crippen molar-refractivity contribution in [3.63, 3.8) is 0 Å². The lowest BCUT2D eigenvalue weighted by Gasteiger charge is -2.14. The lowest BCUT2D eigenvalue weighted by Crippen LogP contribution is -2.11. The molecule has 0 aliphatic heterocycles. The molecule has 1 unspecified atom stereocenters. The lowest BCUT2D eigenvalue weighted by atomic mass is 9.98. The van der Waals surface area contributed by atoms with Crippen molar-refractivity contribution >= 4 is 28.2 Å². The van der Waals surface area contributed by atoms with Gasteiger partial charge >= 0.3 is 5.97 Å². The van der Waals surface area contributed by atoms with E-state index in [4.69, 9.17) is 24.3 Å². The smallest absolute Gasteiger partial charge is 0.312 e. The van der Waals surface area contributed by atoms with Crippen molar-refractivity contribution in [2.24, 2.45) is 7.05 Å². The highest BCUT2D eigenvalue weighted by molar-refractivity contribution is 5.96. The summed E-state index contributed by atoms with van der Waals surface area (Å²) in [5, 5.41) is 9.40. The number of rotatable bonds is 11. The summed E-state index contributed by atoms with van der Waals surface area (Å²) in [5.74, 6) is 0.344. The second-order valence-corrected chi connectivity index (χ2v) is 11.2. The summed E-state index contributed by atoms with van der Waals surface area (Å²) in [7, 11) is 3.34. The third-order valence-electron chi connectivity index (χ3n) is 7.97. The summed E-state index contributed by atoms with van der Waals surface area (Å²) in [6.45, 7) is 4.63. The van der Waals surface area contributed by atoms with Crippen LogP contribution in [0.4, 0.5) is 11.4 Å². The van der Waals surface area contributed by atoms with Crippen molar-refractivity contribution in [2.75, 3.05) is 12.4 Å². The van der Waals surface area contributed by atoms with E-state index in [1.54, 1.807) is 0 Å². The number of nitrogens with zero attached hydrogens (tertiary/aromatic N) is 3. The Morgan fingerprint density at radius 2 is 1.54 bits per heavy atom. The van der Waals surface area contributed by atoms with Gasteiger partial charge in [0.2, 0.25) is 11.8 Å². The van der Waals surface area contributed by atoms with E-state index in [-0.39, 0.29) is 11.9 Å². The van der Waals surface area contributed by atoms with Crippen LogP contribution in [0.1, 0.15) is 35.1 Å². The number of carbonyl (C=O) groups excluding carboxylic acids is 1. The quantitative estimate of drug-likeness (QED) is 0.148. The molecule has 6 aromatic rings. The zero-order valence-corrected chi connectivity index (χ0v) is 26.4. The second-order valence-electron chi connectivity index (χ2n) is 11.2. The Kier molecular flexibility index (Phi) is 8.96. The first-order chi connectivity index (χ1) is 22.4. The molecule has 0 bridgehead atoms. The van der Waals surface area contributed by atoms with E-state index < -0.39 is 0 Å². The molecule has 0 aliphatic carbocycles. The average Bonchev–Trinajstić information content (AvgIpc) is 3.42. The van der Waals surface area contributed by atoms with Gasteiger partial charge in [-0.15, -0.1) is 0 Å². The highest BCUT2D eigenvalue weighted by Gasteiger charge is 2.19. The molecule has 0 saturated carbocycles. The number of benzene rings is 4. The van der Waals surface area contributed by atoms with Gasteiger partial charge in [-0.25, -0.2) is 0 Å². The monoisotopic (exact) mass is 612 g/mol. The average molecular weight is 613 g/mol. The Bertz CT molecular complexity index is 1970. The SMILES string of the molecule is COC(=O)C(C)c1ccc(Nc2ccc3c(-c4ccc(OCc5ccccc5)nc4OCc4ccccc4)nn(C)c3c2)c(C)c1. The third-order valence-corrected chi connectivity index (χ3v) is 7.97. The number of pyridine rings is 1. The van der Waals surface area contributed by atoms with Gasteiger partial charge in [0.05, 0.1) is 24.1 Å². The molecule has 8 heteroatoms. The molecule has 46 heavy (non-hydrogen) atoms. The molecule has 6 rings (SSSR count). The number of fused-ring (bicyclic) bond motifs is 1. The zero-order valence-electron chi connectivity index (χ0n) is 26.4. The number of aromatic nitrogens is 3. The molecule has 0 aliphatic rings. The first-order valence-electron chi connectivity index (χ1n) is 15.2. The number of methoxy groups -OCH3 is 1. The van der Waals surface area contributed by atoms with Crippen LogP contribution in [-0.2, 0) is 29.8 Å². The fourth-order valence-electron chi connectivity index (χ4n) is 5.35. The molecular formula is C38H36N4O4. The molecule has 0 radical (unpaired) electrons. The fraction of sp³-hybridized carbons (Fsp3) is 0.184. The van der Waals surface area contributed by atoms with Crippen LogP contribution in [-0.4, -0.2) is 27.8 Å². The van der Waals surface area contributed by atoms with E-state index in [1.165, 1.54) is 7.11 Å². The summed E-state index contributed by atoms with van der Waals surface area (Å²) < 4.78 is 19.1. The Morgan fingerprint density at radius 3 is 2.22 bits per heavy atom. The van der Waals surface area contributed by atoms with Crippen LogP contribution in [0.2, 0.25) is 0 Å². The van der Waals surface area contributed by atoms with Crippen molar-refractivity contribution in [2.45, 2.75) is 33.0 Å². The number of carbonyl (C=O) groups is 1. The van der Waals surface area contributed by atoms with E-state index >= 15 is 0 Å². The number of anilines is 2. The van der Waals surface area contributed by atoms with Gasteiger partial charge in [0.25, 0.3) is 0 Å². The molecule has 232 valence electrons. The molecule has 2 heterocycles. The largest absolute Gasteiger partial charge is 0.473 e. The maximum atomic E-state index is 12.0. The van der Waals surface area contributed by atoms with E-state index in [2.05, 4.69) is 17.4 Å². The highest BCUT2D eigenvalue weighted by Crippen LogP contribution is 2.36. The van der Waals surface area contributed by atoms with Gasteiger partial charge in [0.15, 0.2) is 0 Å². The topological polar surface area (TPSA) is 87.5 Å². The van der Waals surface area contributed by atoms with Crippen LogP contribution < -0.4 is 14.8 Å². The maximum Gasteiger partial charge on any atom is 0.312 e. The van der Waals surface area contributed by atoms with E-state index in [0.717, 1.165) is 55.8 Å². The van der Waals surface area contributed by atoms with Gasteiger partial charge in [-0.1, -0.05) is 72.8 Å². The number of ether oxygens (including phenoxy) is 3. The summed E-state index contributed by atoms with van der Waals surface area (Å²) in [5.41, 5.74) is 8.41. The summed E-state index contributed by atoms with van der Waals surface area (Å²) in [4.78, 5) is 16.8. The Morgan fingerprint density at radius 1 is 0.848 bits per heavy atom. The van der Waals surface area contributed by atoms with Crippen LogP contribution >= 0.6 is 0 Å². The molecule has 1 N–H and O–H groups in total. The first kappa shape index (κ1) is 30.4. The Hall–Kier alpha value is -5.63. The van der Waals surface area contributed by atoms with Gasteiger partial charge in [-0.3, -0.25) is 9.48 Å². The van der Waals surface area contributed by atoms with E-state index in [0.29, 0.717) is 25.0 Å². The predicted octanol–water partition coefficient (Wildman–Crippen LogP) is 8.12. The van der Waals surface area contributed by atoms with Crippen molar-refractivity contribution in [1.29, 1.82) is 0 Å². The fourth-order valence-corrected chi connectivity index (χ4v) is 5.35. The van der Waals surface area contributed by atoms with E-state index in [1.807, 2.05) is 123 Å². The van der Waals surface area contributed by atoms with Crippen molar-refractivity contribution in [1.82, 2.24) is 14.8 Å². The molecule has 4 aromatic carbocycles. The second kappa shape index (κ2) is 13.6. The van der Waals surface area contributed by atoms with Crippen LogP contribution in [0.25, 0.3) is 22.2 Å². The number of nitrogens with one attached hydrogen (secondary N) is 1. The number of hydrogen-bond acceptors (Lipinski definition) is 7. The molecule has 0 amide bonds. The molecule has 2 aromatic heterocycles. The summed E-state index contributed by atoms with van der Waals surface area (Å²) in [6.07, 6.45) is 0. The standard InChI is InChI=1S/C38H36N4O4/c1-25-21-29(26(2)38(43)44-4)15-19-33(25)39-30-16-17-31-34(22-30)42(3)41-36(31)32-18-20-35(45-23-27-11-7-5-8-12-27)40-37(32)46-24-28-13-9-6-10-14-28/h5-22,26,39H,23-24H2,1-4H3. The minimum absolute atomic E-state index is 0.254. The third kappa shape index (κ3) is 6.71. The van der Waals surface area contributed by atoms with Crippen LogP contribution in [0, 0.1) is 6.92 Å². The molecule has 1 atom stereocenters. The molecule has 0 spiro atoms. The van der Waals surface area contributed by atoms with Crippen LogP contribution in [0.5, 0.6) is 11.8 Å². The lowest BCUT2D eigenvalue weighted by molar-refractivity contribution is -0.141. The van der Waals surface area contributed by atoms with Crippen LogP contribution in [0.3, 0.4) is 0 Å². The maximum absolute atomic E-state index is 12.0. The molecule has 0 fully saturated rings. The van der Waals surface area contributed by atoms with Crippen LogP contribution in [0.15, 0.2) is 109 Å². The zero-order chi connectivity index (χ0) is 32.0.